The van der Waals surface area contributed by atoms with Crippen LogP contribution in [0.1, 0.15) is 44.9 Å². The third-order valence-electron chi connectivity index (χ3n) is 4.91. The van der Waals surface area contributed by atoms with Crippen LogP contribution in [0.15, 0.2) is 0 Å². The number of rotatable bonds is 8. The molecule has 0 aromatic heterocycles. The average Bonchev–Trinajstić information content (AvgIpc) is 2.92. The van der Waals surface area contributed by atoms with Gasteiger partial charge in [0, 0.05) is 38.9 Å². The maximum absolute atomic E-state index is 9.22. The zero-order valence-electron chi connectivity index (χ0n) is 12.8. The molecular weight excluding hydrogens is 252 g/mol. The normalized spacial score (nSPS) is 29.1. The van der Waals surface area contributed by atoms with Gasteiger partial charge in [-0.3, -0.25) is 0 Å². The molecule has 4 heteroatoms. The molecule has 20 heavy (non-hydrogen) atoms. The van der Waals surface area contributed by atoms with E-state index in [1.54, 1.807) is 0 Å². The number of likely N-dealkylation sites (tertiary alicyclic amines) is 1. The summed E-state index contributed by atoms with van der Waals surface area (Å²) in [5, 5.41) is 21.7. The lowest BCUT2D eigenvalue weighted by Gasteiger charge is -2.39. The van der Waals surface area contributed by atoms with Crippen molar-refractivity contribution >= 4 is 0 Å². The first-order chi connectivity index (χ1) is 9.81. The molecule has 1 aliphatic carbocycles. The highest BCUT2D eigenvalue weighted by Crippen LogP contribution is 2.28. The Kier molecular flexibility index (Phi) is 7.28. The van der Waals surface area contributed by atoms with Crippen LogP contribution in [0.2, 0.25) is 0 Å². The highest BCUT2D eigenvalue weighted by molar-refractivity contribution is 4.85. The summed E-state index contributed by atoms with van der Waals surface area (Å²) >= 11 is 0. The number of aliphatic hydroxyl groups excluding tert-OH is 2. The van der Waals surface area contributed by atoms with Crippen LogP contribution in [0, 0.1) is 11.8 Å². The lowest BCUT2D eigenvalue weighted by molar-refractivity contribution is 0.106. The first-order valence-electron chi connectivity index (χ1n) is 8.49. The molecule has 1 heterocycles. The van der Waals surface area contributed by atoms with Gasteiger partial charge in [-0.05, 0) is 50.5 Å². The van der Waals surface area contributed by atoms with E-state index >= 15 is 0 Å². The van der Waals surface area contributed by atoms with E-state index in [-0.39, 0.29) is 6.61 Å². The van der Waals surface area contributed by atoms with Crippen molar-refractivity contribution in [3.8, 4) is 0 Å². The fraction of sp³-hybridized carbons (Fsp3) is 1.00. The molecule has 1 saturated heterocycles. The molecule has 2 aliphatic rings. The predicted molar refractivity (Wildman–Crippen MR) is 81.7 cm³/mol. The van der Waals surface area contributed by atoms with Gasteiger partial charge in [0.05, 0.1) is 0 Å². The molecule has 4 nitrogen and oxygen atoms in total. The maximum atomic E-state index is 9.22. The van der Waals surface area contributed by atoms with Crippen LogP contribution in [-0.2, 0) is 0 Å². The fourth-order valence-corrected chi connectivity index (χ4v) is 3.93. The third kappa shape index (κ3) is 5.32. The SMILES string of the molecule is OCCCNC1CC(CCO)CN(CC2CCCC2)C1. The second kappa shape index (κ2) is 8.98. The molecule has 2 rings (SSSR count). The molecule has 2 atom stereocenters. The molecular formula is C16H32N2O2. The van der Waals surface area contributed by atoms with E-state index in [1.807, 2.05) is 0 Å². The fourth-order valence-electron chi connectivity index (χ4n) is 3.93. The Labute approximate surface area is 123 Å². The molecule has 1 saturated carbocycles. The van der Waals surface area contributed by atoms with Gasteiger partial charge in [-0.15, -0.1) is 0 Å². The van der Waals surface area contributed by atoms with E-state index in [9.17, 15) is 5.11 Å². The number of hydrogen-bond donors (Lipinski definition) is 3. The van der Waals surface area contributed by atoms with Crippen LogP contribution in [0.4, 0.5) is 0 Å². The van der Waals surface area contributed by atoms with Crippen molar-refractivity contribution in [1.82, 2.24) is 10.2 Å². The third-order valence-corrected chi connectivity index (χ3v) is 4.91. The van der Waals surface area contributed by atoms with Gasteiger partial charge >= 0.3 is 0 Å². The molecule has 0 aromatic rings. The van der Waals surface area contributed by atoms with Gasteiger partial charge in [0.25, 0.3) is 0 Å². The summed E-state index contributed by atoms with van der Waals surface area (Å²) in [6.45, 7) is 5.04. The Morgan fingerprint density at radius 1 is 1.00 bits per heavy atom. The minimum Gasteiger partial charge on any atom is -0.396 e. The van der Waals surface area contributed by atoms with Crippen molar-refractivity contribution in [3.05, 3.63) is 0 Å². The number of nitrogens with one attached hydrogen (secondary N) is 1. The van der Waals surface area contributed by atoms with Gasteiger partial charge in [-0.25, -0.2) is 0 Å². The van der Waals surface area contributed by atoms with E-state index in [0.717, 1.165) is 38.4 Å². The number of piperidine rings is 1. The number of nitrogens with zero attached hydrogens (tertiary/aromatic N) is 1. The molecule has 0 radical (unpaired) electrons. The smallest absolute Gasteiger partial charge is 0.0443 e. The second-order valence-electron chi connectivity index (χ2n) is 6.71. The van der Waals surface area contributed by atoms with Crippen molar-refractivity contribution in [2.75, 3.05) is 39.4 Å². The van der Waals surface area contributed by atoms with Gasteiger partial charge in [-0.2, -0.15) is 0 Å². The van der Waals surface area contributed by atoms with Crippen molar-refractivity contribution in [1.29, 1.82) is 0 Å². The van der Waals surface area contributed by atoms with E-state index in [2.05, 4.69) is 10.2 Å². The predicted octanol–water partition coefficient (Wildman–Crippen LogP) is 1.22. The van der Waals surface area contributed by atoms with Gasteiger partial charge in [0.1, 0.15) is 0 Å². The molecule has 1 aliphatic heterocycles. The van der Waals surface area contributed by atoms with Crippen LogP contribution in [0.3, 0.4) is 0 Å². The van der Waals surface area contributed by atoms with Crippen molar-refractivity contribution in [2.24, 2.45) is 11.8 Å². The Morgan fingerprint density at radius 3 is 2.50 bits per heavy atom. The Morgan fingerprint density at radius 2 is 1.80 bits per heavy atom. The highest BCUT2D eigenvalue weighted by atomic mass is 16.3. The molecule has 0 amide bonds. The summed E-state index contributed by atoms with van der Waals surface area (Å²) in [4.78, 5) is 2.62. The monoisotopic (exact) mass is 284 g/mol. The average molecular weight is 284 g/mol. The van der Waals surface area contributed by atoms with Gasteiger partial charge in [-0.1, -0.05) is 12.8 Å². The summed E-state index contributed by atoms with van der Waals surface area (Å²) in [7, 11) is 0. The zero-order chi connectivity index (χ0) is 14.2. The van der Waals surface area contributed by atoms with E-state index in [4.69, 9.17) is 5.11 Å². The second-order valence-corrected chi connectivity index (χ2v) is 6.71. The van der Waals surface area contributed by atoms with Crippen molar-refractivity contribution in [3.63, 3.8) is 0 Å². The molecule has 118 valence electrons. The minimum atomic E-state index is 0.269. The first kappa shape index (κ1) is 16.2. The molecule has 3 N–H and O–H groups in total. The van der Waals surface area contributed by atoms with Crippen molar-refractivity contribution in [2.45, 2.75) is 51.0 Å². The molecule has 0 bridgehead atoms. The number of hydrogen-bond acceptors (Lipinski definition) is 4. The molecule has 0 spiro atoms. The van der Waals surface area contributed by atoms with Gasteiger partial charge in [0.2, 0.25) is 0 Å². The minimum absolute atomic E-state index is 0.269. The lowest BCUT2D eigenvalue weighted by Crippen LogP contribution is -2.50. The highest BCUT2D eigenvalue weighted by Gasteiger charge is 2.28. The summed E-state index contributed by atoms with van der Waals surface area (Å²) in [5.74, 6) is 1.53. The number of aliphatic hydroxyl groups is 2. The van der Waals surface area contributed by atoms with E-state index in [1.165, 1.54) is 38.6 Å². The summed E-state index contributed by atoms with van der Waals surface area (Å²) in [6, 6.07) is 0.535. The Balaban J connectivity index is 1.79. The summed E-state index contributed by atoms with van der Waals surface area (Å²) in [5.41, 5.74) is 0. The Bertz CT molecular complexity index is 257. The lowest BCUT2D eigenvalue weighted by atomic mass is 9.90. The summed E-state index contributed by atoms with van der Waals surface area (Å²) < 4.78 is 0. The molecule has 0 aromatic carbocycles. The quantitative estimate of drug-likeness (QED) is 0.587. The largest absolute Gasteiger partial charge is 0.396 e. The van der Waals surface area contributed by atoms with Crippen LogP contribution < -0.4 is 5.32 Å². The summed E-state index contributed by atoms with van der Waals surface area (Å²) in [6.07, 6.45) is 8.58. The zero-order valence-corrected chi connectivity index (χ0v) is 12.8. The van der Waals surface area contributed by atoms with Crippen molar-refractivity contribution < 1.29 is 10.2 Å². The Hall–Kier alpha value is -0.160. The van der Waals surface area contributed by atoms with E-state index in [0.29, 0.717) is 18.6 Å². The first-order valence-corrected chi connectivity index (χ1v) is 8.49. The van der Waals surface area contributed by atoms with Gasteiger partial charge < -0.3 is 20.4 Å². The van der Waals surface area contributed by atoms with Crippen LogP contribution in [-0.4, -0.2) is 60.5 Å². The van der Waals surface area contributed by atoms with E-state index < -0.39 is 0 Å². The topological polar surface area (TPSA) is 55.7 Å². The maximum Gasteiger partial charge on any atom is 0.0443 e. The molecule has 2 fully saturated rings. The van der Waals surface area contributed by atoms with Crippen LogP contribution in [0.25, 0.3) is 0 Å². The van der Waals surface area contributed by atoms with Crippen LogP contribution >= 0.6 is 0 Å². The van der Waals surface area contributed by atoms with Crippen LogP contribution in [0.5, 0.6) is 0 Å². The van der Waals surface area contributed by atoms with Gasteiger partial charge in [0.15, 0.2) is 0 Å². The standard InChI is InChI=1S/C16H32N2O2/c19-8-3-7-17-16-10-15(6-9-20)12-18(13-16)11-14-4-1-2-5-14/h14-17,19-20H,1-13H2. The molecule has 2 unspecified atom stereocenters.